The number of nitrogen functional groups attached to an aromatic ring is 1. The van der Waals surface area contributed by atoms with Gasteiger partial charge in [0.15, 0.2) is 0 Å². The number of fused-ring (bicyclic) bond motifs is 1. The van der Waals surface area contributed by atoms with Crippen molar-refractivity contribution in [2.75, 3.05) is 5.73 Å². The second-order valence-electron chi connectivity index (χ2n) is 3.48. The zero-order valence-electron chi connectivity index (χ0n) is 8.93. The van der Waals surface area contributed by atoms with Gasteiger partial charge in [0.25, 0.3) is 0 Å². The van der Waals surface area contributed by atoms with Gasteiger partial charge in [0.05, 0.1) is 0 Å². The highest BCUT2D eigenvalue weighted by Crippen LogP contribution is 2.09. The number of nitrogens with two attached hydrogens (primary N) is 1. The van der Waals surface area contributed by atoms with Gasteiger partial charge in [-0.2, -0.15) is 0 Å². The molecule has 0 fully saturated rings. The van der Waals surface area contributed by atoms with Crippen LogP contribution in [-0.2, 0) is 0 Å². The average Bonchev–Trinajstić information content (AvgIpc) is 2.79. The Morgan fingerprint density at radius 3 is 2.06 bits per heavy atom. The van der Waals surface area contributed by atoms with Crippen LogP contribution in [0.5, 0.6) is 0 Å². The Labute approximate surface area is 94.7 Å². The van der Waals surface area contributed by atoms with Crippen LogP contribution >= 0.6 is 0 Å². The molecular formula is C14H14N2. The van der Waals surface area contributed by atoms with Crippen molar-refractivity contribution in [3.05, 3.63) is 66.9 Å². The number of aromatic amines is 1. The number of H-pyrrole nitrogens is 1. The molecule has 3 rings (SSSR count). The van der Waals surface area contributed by atoms with E-state index in [1.165, 1.54) is 10.9 Å². The summed E-state index contributed by atoms with van der Waals surface area (Å²) in [6.07, 6.45) is 1.95. The van der Waals surface area contributed by atoms with E-state index < -0.39 is 0 Å². The number of benzene rings is 2. The second-order valence-corrected chi connectivity index (χ2v) is 3.48. The van der Waals surface area contributed by atoms with E-state index in [1.54, 1.807) is 0 Å². The molecule has 0 aliphatic heterocycles. The fourth-order valence-electron chi connectivity index (χ4n) is 1.45. The average molecular weight is 210 g/mol. The summed E-state index contributed by atoms with van der Waals surface area (Å²) in [5, 5.41) is 1.28. The van der Waals surface area contributed by atoms with E-state index in [4.69, 9.17) is 5.73 Å². The lowest BCUT2D eigenvalue weighted by Gasteiger charge is -1.83. The zero-order chi connectivity index (χ0) is 11.2. The largest absolute Gasteiger partial charge is 0.399 e. The van der Waals surface area contributed by atoms with Gasteiger partial charge in [-0.25, -0.2) is 0 Å². The number of hydrogen-bond donors (Lipinski definition) is 2. The highest BCUT2D eigenvalue weighted by atomic mass is 14.7. The molecule has 80 valence electrons. The third-order valence-electron chi connectivity index (χ3n) is 2.26. The van der Waals surface area contributed by atoms with Crippen LogP contribution < -0.4 is 5.73 Å². The van der Waals surface area contributed by atoms with Crippen LogP contribution in [0.3, 0.4) is 0 Å². The Bertz CT molecular complexity index is 510. The standard InChI is InChI=1S/C8H7N.C6H7N/c1-2-4-8-7(3-1)5-6-9-8;7-6-4-2-1-3-5-6/h1-6,9H;1-5H,7H2. The van der Waals surface area contributed by atoms with E-state index in [2.05, 4.69) is 23.2 Å². The molecular weight excluding hydrogens is 196 g/mol. The van der Waals surface area contributed by atoms with Crippen molar-refractivity contribution in [3.8, 4) is 0 Å². The van der Waals surface area contributed by atoms with Gasteiger partial charge >= 0.3 is 0 Å². The van der Waals surface area contributed by atoms with Crippen molar-refractivity contribution in [2.45, 2.75) is 0 Å². The van der Waals surface area contributed by atoms with Crippen molar-refractivity contribution >= 4 is 16.6 Å². The van der Waals surface area contributed by atoms with E-state index in [0.717, 1.165) is 5.69 Å². The minimum absolute atomic E-state index is 0.822. The number of anilines is 1. The third kappa shape index (κ3) is 2.64. The lowest BCUT2D eigenvalue weighted by molar-refractivity contribution is 1.48. The smallest absolute Gasteiger partial charge is 0.0453 e. The number of aromatic nitrogens is 1. The SMILES string of the molecule is Nc1ccccc1.c1ccc2[nH]ccc2c1. The molecule has 16 heavy (non-hydrogen) atoms. The van der Waals surface area contributed by atoms with Gasteiger partial charge in [-0.15, -0.1) is 0 Å². The van der Waals surface area contributed by atoms with Gasteiger partial charge in [0.1, 0.15) is 0 Å². The maximum Gasteiger partial charge on any atom is 0.0453 e. The maximum absolute atomic E-state index is 5.36. The van der Waals surface area contributed by atoms with Gasteiger partial charge in [0.2, 0.25) is 0 Å². The normalized spacial score (nSPS) is 9.50. The molecule has 2 aromatic carbocycles. The second kappa shape index (κ2) is 5.03. The first-order chi connectivity index (χ1) is 7.86. The summed E-state index contributed by atoms with van der Waals surface area (Å²) >= 11 is 0. The summed E-state index contributed by atoms with van der Waals surface area (Å²) < 4.78 is 0. The van der Waals surface area contributed by atoms with Gasteiger partial charge in [0, 0.05) is 17.4 Å². The number of rotatable bonds is 0. The van der Waals surface area contributed by atoms with Crippen molar-refractivity contribution < 1.29 is 0 Å². The number of para-hydroxylation sites is 2. The minimum atomic E-state index is 0.822. The van der Waals surface area contributed by atoms with Gasteiger partial charge in [-0.05, 0) is 29.7 Å². The third-order valence-corrected chi connectivity index (χ3v) is 2.26. The predicted molar refractivity (Wildman–Crippen MR) is 69.2 cm³/mol. The molecule has 3 aromatic rings. The van der Waals surface area contributed by atoms with Crippen LogP contribution in [0.1, 0.15) is 0 Å². The molecule has 2 heteroatoms. The predicted octanol–water partition coefficient (Wildman–Crippen LogP) is 3.44. The molecule has 0 amide bonds. The highest BCUT2D eigenvalue weighted by molar-refractivity contribution is 5.78. The molecule has 2 nitrogen and oxygen atoms in total. The molecule has 0 radical (unpaired) electrons. The van der Waals surface area contributed by atoms with Crippen molar-refractivity contribution in [2.24, 2.45) is 0 Å². The summed E-state index contributed by atoms with van der Waals surface area (Å²) in [5.74, 6) is 0. The van der Waals surface area contributed by atoms with E-state index >= 15 is 0 Å². The lowest BCUT2D eigenvalue weighted by Crippen LogP contribution is -1.79. The van der Waals surface area contributed by atoms with Crippen LogP contribution in [0, 0.1) is 0 Å². The summed E-state index contributed by atoms with van der Waals surface area (Å²) in [5.41, 5.74) is 7.39. The summed E-state index contributed by atoms with van der Waals surface area (Å²) in [6.45, 7) is 0. The fraction of sp³-hybridized carbons (Fsp3) is 0. The minimum Gasteiger partial charge on any atom is -0.399 e. The molecule has 1 heterocycles. The highest BCUT2D eigenvalue weighted by Gasteiger charge is 1.86. The molecule has 0 aliphatic carbocycles. The van der Waals surface area contributed by atoms with Crippen molar-refractivity contribution in [1.29, 1.82) is 0 Å². The van der Waals surface area contributed by atoms with Crippen LogP contribution in [0.4, 0.5) is 5.69 Å². The Morgan fingerprint density at radius 1 is 0.750 bits per heavy atom. The Morgan fingerprint density at radius 2 is 1.44 bits per heavy atom. The van der Waals surface area contributed by atoms with Crippen LogP contribution in [0.2, 0.25) is 0 Å². The quantitative estimate of drug-likeness (QED) is 0.548. The van der Waals surface area contributed by atoms with E-state index in [9.17, 15) is 0 Å². The van der Waals surface area contributed by atoms with Gasteiger partial charge in [-0.1, -0.05) is 36.4 Å². The maximum atomic E-state index is 5.36. The first kappa shape index (κ1) is 10.3. The Kier molecular flexibility index (Phi) is 3.24. The summed E-state index contributed by atoms with van der Waals surface area (Å²) in [4.78, 5) is 3.12. The van der Waals surface area contributed by atoms with Gasteiger partial charge < -0.3 is 10.7 Å². The molecule has 0 unspecified atom stereocenters. The molecule has 0 aliphatic rings. The van der Waals surface area contributed by atoms with Crippen LogP contribution in [-0.4, -0.2) is 4.98 Å². The summed E-state index contributed by atoms with van der Waals surface area (Å²) in [7, 11) is 0. The molecule has 0 saturated carbocycles. The monoisotopic (exact) mass is 210 g/mol. The lowest BCUT2D eigenvalue weighted by atomic mass is 10.3. The molecule has 0 spiro atoms. The van der Waals surface area contributed by atoms with E-state index in [1.807, 2.05) is 48.7 Å². The van der Waals surface area contributed by atoms with E-state index in [0.29, 0.717) is 0 Å². The fourth-order valence-corrected chi connectivity index (χ4v) is 1.45. The Hall–Kier alpha value is -2.22. The number of nitrogens with one attached hydrogen (secondary N) is 1. The molecule has 0 atom stereocenters. The first-order valence-electron chi connectivity index (χ1n) is 5.19. The van der Waals surface area contributed by atoms with E-state index in [-0.39, 0.29) is 0 Å². The Balaban J connectivity index is 0.000000125. The molecule has 3 N–H and O–H groups in total. The first-order valence-corrected chi connectivity index (χ1v) is 5.19. The van der Waals surface area contributed by atoms with Crippen molar-refractivity contribution in [1.82, 2.24) is 4.98 Å². The molecule has 0 saturated heterocycles. The molecule has 1 aromatic heterocycles. The summed E-state index contributed by atoms with van der Waals surface area (Å²) in [6, 6.07) is 19.8. The zero-order valence-corrected chi connectivity index (χ0v) is 8.93. The van der Waals surface area contributed by atoms with Crippen LogP contribution in [0.25, 0.3) is 10.9 Å². The molecule has 0 bridgehead atoms. The topological polar surface area (TPSA) is 41.8 Å². The van der Waals surface area contributed by atoms with Gasteiger partial charge in [-0.3, -0.25) is 0 Å². The van der Waals surface area contributed by atoms with Crippen molar-refractivity contribution in [3.63, 3.8) is 0 Å². The number of hydrogen-bond acceptors (Lipinski definition) is 1. The van der Waals surface area contributed by atoms with Crippen LogP contribution in [0.15, 0.2) is 66.9 Å².